The highest BCUT2D eigenvalue weighted by molar-refractivity contribution is 5.95. The average molecular weight is 278 g/mol. The summed E-state index contributed by atoms with van der Waals surface area (Å²) in [6, 6.07) is 3.19. The van der Waals surface area contributed by atoms with Crippen LogP contribution in [0.1, 0.15) is 62.0 Å². The molecule has 1 aliphatic carbocycles. The summed E-state index contributed by atoms with van der Waals surface area (Å²) in [6.45, 7) is 2.00. The molecule has 1 unspecified atom stereocenters. The first-order valence-corrected chi connectivity index (χ1v) is 7.34. The number of aromatic nitrogens is 1. The molecular formula is C15H22N2O3. The van der Waals surface area contributed by atoms with Gasteiger partial charge in [0.2, 0.25) is 0 Å². The molecular weight excluding hydrogens is 256 g/mol. The van der Waals surface area contributed by atoms with Crippen LogP contribution in [0.15, 0.2) is 18.3 Å². The Hall–Kier alpha value is -1.78. The minimum atomic E-state index is -0.964. The van der Waals surface area contributed by atoms with E-state index in [0.717, 1.165) is 25.7 Å². The van der Waals surface area contributed by atoms with Crippen molar-refractivity contribution in [1.29, 1.82) is 0 Å². The minimum absolute atomic E-state index is 0.287. The van der Waals surface area contributed by atoms with Crippen LogP contribution in [0.5, 0.6) is 0 Å². The Bertz CT molecular complexity index is 477. The predicted molar refractivity (Wildman–Crippen MR) is 75.7 cm³/mol. The average Bonchev–Trinajstić information content (AvgIpc) is 2.80. The molecule has 110 valence electrons. The molecule has 1 saturated carbocycles. The highest BCUT2D eigenvalue weighted by atomic mass is 16.4. The largest absolute Gasteiger partial charge is 0.480 e. The number of unbranched alkanes of at least 4 members (excludes halogenated alkanes) is 1. The number of rotatable bonds is 7. The number of carbonyl (C=O) groups is 2. The summed E-state index contributed by atoms with van der Waals surface area (Å²) in [5, 5.41) is 11.8. The van der Waals surface area contributed by atoms with Crippen molar-refractivity contribution in [2.75, 3.05) is 0 Å². The van der Waals surface area contributed by atoms with Crippen molar-refractivity contribution in [3.63, 3.8) is 0 Å². The number of nitrogens with one attached hydrogen (secondary N) is 1. The van der Waals surface area contributed by atoms with E-state index in [1.165, 1.54) is 6.42 Å². The number of nitrogens with zero attached hydrogens (tertiary/aromatic N) is 1. The second-order valence-corrected chi connectivity index (χ2v) is 5.39. The number of carbonyl (C=O) groups excluding carboxylic acids is 1. The maximum Gasteiger partial charge on any atom is 0.326 e. The van der Waals surface area contributed by atoms with Gasteiger partial charge in [-0.3, -0.25) is 4.79 Å². The molecule has 20 heavy (non-hydrogen) atoms. The first-order valence-electron chi connectivity index (χ1n) is 7.34. The van der Waals surface area contributed by atoms with E-state index < -0.39 is 12.0 Å². The van der Waals surface area contributed by atoms with Gasteiger partial charge in [-0.1, -0.05) is 19.8 Å². The SMILES string of the molecule is CCCCC(NC(=O)c1cccn1C1CCC1)C(=O)O. The maximum absolute atomic E-state index is 12.3. The molecule has 2 N–H and O–H groups in total. The number of aliphatic carboxylic acids is 1. The van der Waals surface area contributed by atoms with E-state index in [4.69, 9.17) is 5.11 Å². The molecule has 5 heteroatoms. The van der Waals surface area contributed by atoms with Crippen LogP contribution >= 0.6 is 0 Å². The van der Waals surface area contributed by atoms with E-state index in [2.05, 4.69) is 5.32 Å². The third kappa shape index (κ3) is 3.21. The highest BCUT2D eigenvalue weighted by Gasteiger charge is 2.25. The zero-order valence-corrected chi connectivity index (χ0v) is 11.8. The molecule has 1 atom stereocenters. The first kappa shape index (κ1) is 14.6. The van der Waals surface area contributed by atoms with E-state index in [0.29, 0.717) is 18.2 Å². The van der Waals surface area contributed by atoms with Crippen molar-refractivity contribution in [2.24, 2.45) is 0 Å². The molecule has 1 fully saturated rings. The topological polar surface area (TPSA) is 71.3 Å². The maximum atomic E-state index is 12.3. The van der Waals surface area contributed by atoms with Crippen LogP contribution < -0.4 is 5.32 Å². The van der Waals surface area contributed by atoms with Gasteiger partial charge in [0.15, 0.2) is 0 Å². The second kappa shape index (κ2) is 6.59. The summed E-state index contributed by atoms with van der Waals surface area (Å²) >= 11 is 0. The lowest BCUT2D eigenvalue weighted by Gasteiger charge is -2.29. The molecule has 0 saturated heterocycles. The van der Waals surface area contributed by atoms with Gasteiger partial charge in [-0.05, 0) is 37.8 Å². The van der Waals surface area contributed by atoms with Crippen molar-refractivity contribution in [3.8, 4) is 0 Å². The van der Waals surface area contributed by atoms with Crippen LogP contribution in [-0.2, 0) is 4.79 Å². The predicted octanol–water partition coefficient (Wildman–Crippen LogP) is 2.59. The van der Waals surface area contributed by atoms with Gasteiger partial charge in [0.1, 0.15) is 11.7 Å². The molecule has 1 heterocycles. The second-order valence-electron chi connectivity index (χ2n) is 5.39. The van der Waals surface area contributed by atoms with Crippen molar-refractivity contribution in [3.05, 3.63) is 24.0 Å². The zero-order valence-electron chi connectivity index (χ0n) is 11.8. The molecule has 0 bridgehead atoms. The quantitative estimate of drug-likeness (QED) is 0.805. The van der Waals surface area contributed by atoms with E-state index >= 15 is 0 Å². The van der Waals surface area contributed by atoms with E-state index in [-0.39, 0.29) is 5.91 Å². The molecule has 1 aromatic rings. The summed E-state index contributed by atoms with van der Waals surface area (Å²) in [5.41, 5.74) is 0.567. The van der Waals surface area contributed by atoms with Crippen molar-refractivity contribution < 1.29 is 14.7 Å². The summed E-state index contributed by atoms with van der Waals surface area (Å²) < 4.78 is 1.97. The monoisotopic (exact) mass is 278 g/mol. The molecule has 1 amide bonds. The number of carboxylic acid groups (broad SMARTS) is 1. The van der Waals surface area contributed by atoms with Crippen LogP contribution in [0.4, 0.5) is 0 Å². The Morgan fingerprint density at radius 1 is 1.50 bits per heavy atom. The Kier molecular flexibility index (Phi) is 4.82. The van der Waals surface area contributed by atoms with Gasteiger partial charge in [0.05, 0.1) is 0 Å². The molecule has 2 rings (SSSR count). The lowest BCUT2D eigenvalue weighted by Crippen LogP contribution is -2.41. The van der Waals surface area contributed by atoms with Crippen LogP contribution in [-0.4, -0.2) is 27.6 Å². The van der Waals surface area contributed by atoms with Gasteiger partial charge in [-0.25, -0.2) is 4.79 Å². The van der Waals surface area contributed by atoms with E-state index in [1.54, 1.807) is 6.07 Å². The van der Waals surface area contributed by atoms with Gasteiger partial charge in [-0.2, -0.15) is 0 Å². The third-order valence-electron chi connectivity index (χ3n) is 3.93. The van der Waals surface area contributed by atoms with E-state index in [1.807, 2.05) is 23.8 Å². The Balaban J connectivity index is 2.02. The molecule has 1 aliphatic rings. The fourth-order valence-electron chi connectivity index (χ4n) is 2.47. The highest BCUT2D eigenvalue weighted by Crippen LogP contribution is 2.32. The zero-order chi connectivity index (χ0) is 14.5. The van der Waals surface area contributed by atoms with Crippen LogP contribution in [0.3, 0.4) is 0 Å². The standard InChI is InChI=1S/C15H22N2O3/c1-2-3-8-12(15(19)20)16-14(18)13-9-5-10-17(13)11-6-4-7-11/h5,9-12H,2-4,6-8H2,1H3,(H,16,18)(H,19,20). The summed E-state index contributed by atoms with van der Waals surface area (Å²) in [5.74, 6) is -1.25. The van der Waals surface area contributed by atoms with E-state index in [9.17, 15) is 9.59 Å². The summed E-state index contributed by atoms with van der Waals surface area (Å²) in [6.07, 6.45) is 7.46. The molecule has 0 aromatic carbocycles. The van der Waals surface area contributed by atoms with Crippen LogP contribution in [0, 0.1) is 0 Å². The Morgan fingerprint density at radius 2 is 2.25 bits per heavy atom. The smallest absolute Gasteiger partial charge is 0.326 e. The molecule has 0 spiro atoms. The molecule has 1 aromatic heterocycles. The lowest BCUT2D eigenvalue weighted by atomic mass is 9.93. The lowest BCUT2D eigenvalue weighted by molar-refractivity contribution is -0.139. The summed E-state index contributed by atoms with van der Waals surface area (Å²) in [7, 11) is 0. The molecule has 0 aliphatic heterocycles. The summed E-state index contributed by atoms with van der Waals surface area (Å²) in [4.78, 5) is 23.4. The van der Waals surface area contributed by atoms with Gasteiger partial charge in [0, 0.05) is 12.2 Å². The Labute approximate surface area is 119 Å². The number of hydrogen-bond donors (Lipinski definition) is 2. The van der Waals surface area contributed by atoms with Gasteiger partial charge >= 0.3 is 5.97 Å². The van der Waals surface area contributed by atoms with Crippen LogP contribution in [0.25, 0.3) is 0 Å². The fourth-order valence-corrected chi connectivity index (χ4v) is 2.47. The van der Waals surface area contributed by atoms with Gasteiger partial charge < -0.3 is 15.0 Å². The number of hydrogen-bond acceptors (Lipinski definition) is 2. The minimum Gasteiger partial charge on any atom is -0.480 e. The third-order valence-corrected chi connectivity index (χ3v) is 3.93. The van der Waals surface area contributed by atoms with Crippen molar-refractivity contribution in [2.45, 2.75) is 57.5 Å². The number of carboxylic acids is 1. The Morgan fingerprint density at radius 3 is 2.80 bits per heavy atom. The molecule has 0 radical (unpaired) electrons. The number of amides is 1. The van der Waals surface area contributed by atoms with Gasteiger partial charge in [-0.15, -0.1) is 0 Å². The normalized spacial score (nSPS) is 16.4. The first-order chi connectivity index (χ1) is 9.63. The van der Waals surface area contributed by atoms with Gasteiger partial charge in [0.25, 0.3) is 5.91 Å². The fraction of sp³-hybridized carbons (Fsp3) is 0.600. The molecule has 5 nitrogen and oxygen atoms in total. The van der Waals surface area contributed by atoms with Crippen LogP contribution in [0.2, 0.25) is 0 Å². The van der Waals surface area contributed by atoms with Crippen molar-refractivity contribution in [1.82, 2.24) is 9.88 Å². The van der Waals surface area contributed by atoms with Crippen molar-refractivity contribution >= 4 is 11.9 Å².